The molecule has 3 nitrogen and oxygen atoms in total. The van der Waals surface area contributed by atoms with Crippen LogP contribution in [0.3, 0.4) is 0 Å². The summed E-state index contributed by atoms with van der Waals surface area (Å²) >= 11 is 0. The van der Waals surface area contributed by atoms with Crippen LogP contribution in [-0.2, 0) is 17.4 Å². The topological polar surface area (TPSA) is 38.3 Å². The second-order valence-electron chi connectivity index (χ2n) is 6.49. The number of methoxy groups -OCH3 is 1. The summed E-state index contributed by atoms with van der Waals surface area (Å²) < 4.78 is 44.8. The minimum absolute atomic E-state index is 0.154. The molecule has 0 saturated heterocycles. The normalized spacial score (nSPS) is 11.5. The van der Waals surface area contributed by atoms with Gasteiger partial charge in [-0.25, -0.2) is 0 Å². The molecule has 0 aliphatic carbocycles. The van der Waals surface area contributed by atoms with E-state index in [1.807, 2.05) is 30.3 Å². The Hall–Kier alpha value is -3.02. The number of alkyl halides is 3. The molecule has 28 heavy (non-hydrogen) atoms. The molecule has 0 aliphatic heterocycles. The number of amides is 1. The van der Waals surface area contributed by atoms with Gasteiger partial charge in [-0.1, -0.05) is 30.3 Å². The van der Waals surface area contributed by atoms with Crippen LogP contribution in [0.15, 0.2) is 54.6 Å². The summed E-state index contributed by atoms with van der Waals surface area (Å²) in [6.07, 6.45) is -3.93. The van der Waals surface area contributed by atoms with Crippen LogP contribution >= 0.6 is 0 Å². The van der Waals surface area contributed by atoms with Crippen LogP contribution in [0.5, 0.6) is 5.75 Å². The number of nitrogens with one attached hydrogen (secondary N) is 1. The Labute approximate surface area is 161 Å². The minimum atomic E-state index is -4.41. The smallest absolute Gasteiger partial charge is 0.416 e. The van der Waals surface area contributed by atoms with E-state index >= 15 is 0 Å². The number of fused-ring (bicyclic) bond motifs is 1. The fourth-order valence-corrected chi connectivity index (χ4v) is 3.25. The zero-order valence-electron chi connectivity index (χ0n) is 15.6. The third-order valence-electron chi connectivity index (χ3n) is 4.59. The summed E-state index contributed by atoms with van der Waals surface area (Å²) in [5.41, 5.74) is 1.36. The SMILES string of the molecule is COc1ccc2ccc(-c3cccc(C(F)(F)F)c3)c(CCNC(C)=O)c2c1. The average Bonchev–Trinajstić information content (AvgIpc) is 2.66. The Balaban J connectivity index is 2.16. The lowest BCUT2D eigenvalue weighted by Crippen LogP contribution is -2.22. The van der Waals surface area contributed by atoms with Crippen LogP contribution < -0.4 is 10.1 Å². The molecule has 1 amide bonds. The number of benzene rings is 3. The molecular formula is C22H20F3NO2. The lowest BCUT2D eigenvalue weighted by atomic mass is 9.91. The summed E-state index contributed by atoms with van der Waals surface area (Å²) in [7, 11) is 1.56. The van der Waals surface area contributed by atoms with Crippen molar-refractivity contribution in [3.8, 4) is 16.9 Å². The molecule has 3 aromatic rings. The van der Waals surface area contributed by atoms with Gasteiger partial charge in [0.2, 0.25) is 5.91 Å². The second kappa shape index (κ2) is 7.92. The van der Waals surface area contributed by atoms with Gasteiger partial charge in [0.1, 0.15) is 5.75 Å². The fraction of sp³-hybridized carbons (Fsp3) is 0.227. The third kappa shape index (κ3) is 4.27. The Morgan fingerprint density at radius 1 is 1.07 bits per heavy atom. The average molecular weight is 387 g/mol. The van der Waals surface area contributed by atoms with Crippen molar-refractivity contribution < 1.29 is 22.7 Å². The molecule has 6 heteroatoms. The van der Waals surface area contributed by atoms with Crippen LogP contribution in [0.2, 0.25) is 0 Å². The van der Waals surface area contributed by atoms with Crippen molar-refractivity contribution in [1.29, 1.82) is 0 Å². The van der Waals surface area contributed by atoms with Crippen LogP contribution in [0.4, 0.5) is 13.2 Å². The lowest BCUT2D eigenvalue weighted by molar-refractivity contribution is -0.137. The molecule has 3 aromatic carbocycles. The van der Waals surface area contributed by atoms with Gasteiger partial charge in [-0.2, -0.15) is 13.2 Å². The number of hydrogen-bond acceptors (Lipinski definition) is 2. The molecule has 3 rings (SSSR count). The van der Waals surface area contributed by atoms with Gasteiger partial charge >= 0.3 is 6.18 Å². The summed E-state index contributed by atoms with van der Waals surface area (Å²) in [5.74, 6) is 0.507. The lowest BCUT2D eigenvalue weighted by Gasteiger charge is -2.16. The number of ether oxygens (including phenoxy) is 1. The molecular weight excluding hydrogens is 367 g/mol. The summed E-state index contributed by atoms with van der Waals surface area (Å²) in [6, 6.07) is 14.6. The Kier molecular flexibility index (Phi) is 5.58. The quantitative estimate of drug-likeness (QED) is 0.652. The highest BCUT2D eigenvalue weighted by atomic mass is 19.4. The van der Waals surface area contributed by atoms with Crippen molar-refractivity contribution in [1.82, 2.24) is 5.32 Å². The minimum Gasteiger partial charge on any atom is -0.497 e. The molecule has 0 heterocycles. The van der Waals surface area contributed by atoms with E-state index in [4.69, 9.17) is 4.74 Å². The number of rotatable bonds is 5. The van der Waals surface area contributed by atoms with Crippen LogP contribution in [0.25, 0.3) is 21.9 Å². The highest BCUT2D eigenvalue weighted by molar-refractivity contribution is 5.93. The highest BCUT2D eigenvalue weighted by Gasteiger charge is 2.30. The second-order valence-corrected chi connectivity index (χ2v) is 6.49. The van der Waals surface area contributed by atoms with Gasteiger partial charge in [-0.05, 0) is 58.1 Å². The molecule has 0 aromatic heterocycles. The van der Waals surface area contributed by atoms with E-state index in [0.717, 1.165) is 28.5 Å². The third-order valence-corrected chi connectivity index (χ3v) is 4.59. The van der Waals surface area contributed by atoms with Crippen molar-refractivity contribution >= 4 is 16.7 Å². The molecule has 0 aliphatic rings. The molecule has 0 spiro atoms. The first-order valence-corrected chi connectivity index (χ1v) is 8.81. The van der Waals surface area contributed by atoms with Crippen molar-refractivity contribution in [2.45, 2.75) is 19.5 Å². The molecule has 0 bridgehead atoms. The fourth-order valence-electron chi connectivity index (χ4n) is 3.25. The Bertz CT molecular complexity index is 1010. The molecule has 1 N–H and O–H groups in total. The molecule has 0 radical (unpaired) electrons. The van der Waals surface area contributed by atoms with Gasteiger partial charge in [0.15, 0.2) is 0 Å². The van der Waals surface area contributed by atoms with Crippen molar-refractivity contribution in [3.63, 3.8) is 0 Å². The Morgan fingerprint density at radius 2 is 1.82 bits per heavy atom. The van der Waals surface area contributed by atoms with Gasteiger partial charge in [-0.15, -0.1) is 0 Å². The van der Waals surface area contributed by atoms with Gasteiger partial charge in [-0.3, -0.25) is 4.79 Å². The standard InChI is InChI=1S/C22H20F3NO2/c1-14(27)26-11-10-20-19(16-4-3-5-17(12-16)22(23,24)25)9-7-15-6-8-18(28-2)13-21(15)20/h3-9,12-13H,10-11H2,1-2H3,(H,26,27). The maximum Gasteiger partial charge on any atom is 0.416 e. The predicted molar refractivity (Wildman–Crippen MR) is 103 cm³/mol. The molecule has 146 valence electrons. The number of carbonyl (C=O) groups excluding carboxylic acids is 1. The van der Waals surface area contributed by atoms with Crippen molar-refractivity contribution in [2.75, 3.05) is 13.7 Å². The van der Waals surface area contributed by atoms with Crippen LogP contribution in [0, 0.1) is 0 Å². The van der Waals surface area contributed by atoms with Crippen LogP contribution in [0.1, 0.15) is 18.1 Å². The van der Waals surface area contributed by atoms with Gasteiger partial charge < -0.3 is 10.1 Å². The number of halogens is 3. The monoisotopic (exact) mass is 387 g/mol. The summed E-state index contributed by atoms with van der Waals surface area (Å²) in [5, 5.41) is 4.59. The van der Waals surface area contributed by atoms with E-state index in [0.29, 0.717) is 29.8 Å². The van der Waals surface area contributed by atoms with E-state index in [1.54, 1.807) is 13.2 Å². The first kappa shape index (κ1) is 19.7. The largest absolute Gasteiger partial charge is 0.497 e. The molecule has 0 saturated carbocycles. The predicted octanol–water partition coefficient (Wildman–Crippen LogP) is 5.21. The maximum absolute atomic E-state index is 13.2. The summed E-state index contributed by atoms with van der Waals surface area (Å²) in [6.45, 7) is 1.82. The van der Waals surface area contributed by atoms with Crippen molar-refractivity contribution in [3.05, 3.63) is 65.7 Å². The molecule has 0 unspecified atom stereocenters. The van der Waals surface area contributed by atoms with Crippen LogP contribution in [-0.4, -0.2) is 19.6 Å². The van der Waals surface area contributed by atoms with E-state index < -0.39 is 11.7 Å². The zero-order chi connectivity index (χ0) is 20.3. The van der Waals surface area contributed by atoms with E-state index in [9.17, 15) is 18.0 Å². The number of carbonyl (C=O) groups is 1. The van der Waals surface area contributed by atoms with Gasteiger partial charge in [0.05, 0.1) is 12.7 Å². The summed E-state index contributed by atoms with van der Waals surface area (Å²) in [4.78, 5) is 11.3. The maximum atomic E-state index is 13.2. The van der Waals surface area contributed by atoms with Crippen molar-refractivity contribution in [2.24, 2.45) is 0 Å². The molecule has 0 fully saturated rings. The van der Waals surface area contributed by atoms with E-state index in [-0.39, 0.29) is 5.91 Å². The highest BCUT2D eigenvalue weighted by Crippen LogP contribution is 2.36. The first-order chi connectivity index (χ1) is 13.3. The molecule has 0 atom stereocenters. The number of hydrogen-bond donors (Lipinski definition) is 1. The van der Waals surface area contributed by atoms with Gasteiger partial charge in [0, 0.05) is 13.5 Å². The van der Waals surface area contributed by atoms with E-state index in [2.05, 4.69) is 5.32 Å². The Morgan fingerprint density at radius 3 is 2.50 bits per heavy atom. The van der Waals surface area contributed by atoms with E-state index in [1.165, 1.54) is 13.0 Å². The first-order valence-electron chi connectivity index (χ1n) is 8.81. The zero-order valence-corrected chi connectivity index (χ0v) is 15.6. The van der Waals surface area contributed by atoms with Gasteiger partial charge in [0.25, 0.3) is 0 Å².